The molecule has 0 saturated carbocycles. The van der Waals surface area contributed by atoms with Crippen molar-refractivity contribution < 1.29 is 5.11 Å². The van der Waals surface area contributed by atoms with Crippen molar-refractivity contribution in [3.8, 4) is 0 Å². The van der Waals surface area contributed by atoms with Gasteiger partial charge < -0.3 is 5.11 Å². The summed E-state index contributed by atoms with van der Waals surface area (Å²) in [6.45, 7) is 1.86. The van der Waals surface area contributed by atoms with Crippen LogP contribution in [0.1, 0.15) is 13.3 Å². The zero-order valence-electron chi connectivity index (χ0n) is 4.42. The zero-order chi connectivity index (χ0) is 5.28. The molecule has 0 aromatic rings. The van der Waals surface area contributed by atoms with E-state index in [1.165, 1.54) is 12.2 Å². The first-order valence-corrected chi connectivity index (χ1v) is 3.65. The van der Waals surface area contributed by atoms with Gasteiger partial charge in [-0.1, -0.05) is 0 Å². The predicted octanol–water partition coefficient (Wildman–Crippen LogP) is 0.873. The maximum absolute atomic E-state index is 8.85. The lowest BCUT2D eigenvalue weighted by atomic mass is 10.2. The smallest absolute Gasteiger partial charge is 0.0630 e. The van der Waals surface area contributed by atoms with Crippen molar-refractivity contribution in [2.75, 3.05) is 5.75 Å². The molecular weight excluding hydrogens is 108 g/mol. The second kappa shape index (κ2) is 2.05. The molecule has 0 amide bonds. The largest absolute Gasteiger partial charge is 0.392 e. The molecule has 0 spiro atoms. The summed E-state index contributed by atoms with van der Waals surface area (Å²) in [6.07, 6.45) is 1.13. The van der Waals surface area contributed by atoms with Gasteiger partial charge in [0.1, 0.15) is 0 Å². The first-order chi connectivity index (χ1) is 3.30. The molecule has 1 aliphatic heterocycles. The lowest BCUT2D eigenvalue weighted by molar-refractivity contribution is 0.186. The minimum Gasteiger partial charge on any atom is -0.392 e. The van der Waals surface area contributed by atoms with Gasteiger partial charge in [-0.15, -0.1) is 0 Å². The van der Waals surface area contributed by atoms with Crippen molar-refractivity contribution >= 4 is 11.8 Å². The highest BCUT2D eigenvalue weighted by atomic mass is 32.2. The fraction of sp³-hybridized carbons (Fsp3) is 1.00. The summed E-state index contributed by atoms with van der Waals surface area (Å²) in [5.41, 5.74) is 0. The molecule has 0 aromatic carbocycles. The summed E-state index contributed by atoms with van der Waals surface area (Å²) in [6, 6.07) is 0. The third kappa shape index (κ3) is 1.10. The summed E-state index contributed by atoms with van der Waals surface area (Å²) in [5, 5.41) is 9.41. The fourth-order valence-electron chi connectivity index (χ4n) is 0.634. The fourth-order valence-corrected chi connectivity index (χ4v) is 1.42. The van der Waals surface area contributed by atoms with Crippen LogP contribution in [0.4, 0.5) is 0 Å². The average Bonchev–Trinajstić information content (AvgIpc) is 1.23. The number of hydrogen-bond acceptors (Lipinski definition) is 2. The number of aliphatic hydroxyl groups excluding tert-OH is 1. The number of hydrogen-bond donors (Lipinski definition) is 1. The van der Waals surface area contributed by atoms with Gasteiger partial charge in [-0.25, -0.2) is 0 Å². The lowest BCUT2D eigenvalue weighted by Gasteiger charge is -2.26. The molecule has 0 aliphatic carbocycles. The number of rotatable bonds is 1. The molecule has 2 heteroatoms. The van der Waals surface area contributed by atoms with Gasteiger partial charge in [0.2, 0.25) is 0 Å². The van der Waals surface area contributed by atoms with Crippen LogP contribution >= 0.6 is 11.8 Å². The van der Waals surface area contributed by atoms with Crippen molar-refractivity contribution in [1.82, 2.24) is 0 Å². The van der Waals surface area contributed by atoms with Gasteiger partial charge in [-0.2, -0.15) is 11.8 Å². The molecule has 1 heterocycles. The molecular formula is C5H10OS. The minimum atomic E-state index is -0.0845. The van der Waals surface area contributed by atoms with E-state index in [1.807, 2.05) is 18.7 Å². The molecule has 1 fully saturated rings. The van der Waals surface area contributed by atoms with Gasteiger partial charge in [-0.3, -0.25) is 0 Å². The van der Waals surface area contributed by atoms with E-state index in [1.54, 1.807) is 0 Å². The van der Waals surface area contributed by atoms with E-state index >= 15 is 0 Å². The monoisotopic (exact) mass is 118 g/mol. The Labute approximate surface area is 48.1 Å². The Morgan fingerprint density at radius 1 is 1.86 bits per heavy atom. The minimum absolute atomic E-state index is 0.0845. The van der Waals surface area contributed by atoms with Crippen molar-refractivity contribution in [2.45, 2.75) is 24.7 Å². The SMILES string of the molecule is CC(O)C1CCS1. The molecule has 1 rings (SSSR count). The van der Waals surface area contributed by atoms with Crippen LogP contribution in [0.5, 0.6) is 0 Å². The van der Waals surface area contributed by atoms with Crippen LogP contribution in [0.15, 0.2) is 0 Å². The van der Waals surface area contributed by atoms with Crippen LogP contribution in [-0.4, -0.2) is 22.2 Å². The number of thioether (sulfide) groups is 1. The van der Waals surface area contributed by atoms with E-state index in [9.17, 15) is 0 Å². The van der Waals surface area contributed by atoms with Gasteiger partial charge in [0, 0.05) is 5.25 Å². The summed E-state index contributed by atoms with van der Waals surface area (Å²) in [7, 11) is 0. The molecule has 0 aromatic heterocycles. The third-order valence-electron chi connectivity index (χ3n) is 1.27. The summed E-state index contributed by atoms with van der Waals surface area (Å²) in [5.74, 6) is 1.25. The Bertz CT molecular complexity index is 59.1. The van der Waals surface area contributed by atoms with E-state index in [-0.39, 0.29) is 6.10 Å². The summed E-state index contributed by atoms with van der Waals surface area (Å²) >= 11 is 1.86. The van der Waals surface area contributed by atoms with Crippen molar-refractivity contribution in [3.63, 3.8) is 0 Å². The van der Waals surface area contributed by atoms with Crippen molar-refractivity contribution in [3.05, 3.63) is 0 Å². The van der Waals surface area contributed by atoms with E-state index in [0.717, 1.165) is 0 Å². The Hall–Kier alpha value is 0.310. The van der Waals surface area contributed by atoms with Gasteiger partial charge >= 0.3 is 0 Å². The summed E-state index contributed by atoms with van der Waals surface area (Å²) < 4.78 is 0. The van der Waals surface area contributed by atoms with Gasteiger partial charge in [0.25, 0.3) is 0 Å². The second-order valence-corrected chi connectivity index (χ2v) is 3.29. The van der Waals surface area contributed by atoms with Crippen LogP contribution in [0.3, 0.4) is 0 Å². The Morgan fingerprint density at radius 2 is 2.43 bits per heavy atom. The topological polar surface area (TPSA) is 20.2 Å². The number of aliphatic hydroxyl groups is 1. The van der Waals surface area contributed by atoms with E-state index in [2.05, 4.69) is 0 Å². The molecule has 2 unspecified atom stereocenters. The molecule has 1 nitrogen and oxygen atoms in total. The van der Waals surface area contributed by atoms with E-state index in [0.29, 0.717) is 5.25 Å². The van der Waals surface area contributed by atoms with Crippen LogP contribution in [0.25, 0.3) is 0 Å². The van der Waals surface area contributed by atoms with Crippen molar-refractivity contribution in [2.24, 2.45) is 0 Å². The molecule has 42 valence electrons. The van der Waals surface area contributed by atoms with Gasteiger partial charge in [0.05, 0.1) is 6.10 Å². The Kier molecular flexibility index (Phi) is 1.60. The van der Waals surface area contributed by atoms with Crippen LogP contribution < -0.4 is 0 Å². The molecule has 2 atom stereocenters. The first kappa shape index (κ1) is 5.45. The molecule has 1 saturated heterocycles. The Balaban J connectivity index is 2.14. The molecule has 0 bridgehead atoms. The maximum Gasteiger partial charge on any atom is 0.0630 e. The van der Waals surface area contributed by atoms with E-state index in [4.69, 9.17) is 5.11 Å². The normalized spacial score (nSPS) is 34.3. The summed E-state index contributed by atoms with van der Waals surface area (Å²) in [4.78, 5) is 0. The quantitative estimate of drug-likeness (QED) is 0.551. The predicted molar refractivity (Wildman–Crippen MR) is 32.5 cm³/mol. The molecule has 7 heavy (non-hydrogen) atoms. The highest BCUT2D eigenvalue weighted by molar-refractivity contribution is 8.01. The third-order valence-corrected chi connectivity index (χ3v) is 2.80. The average molecular weight is 118 g/mol. The molecule has 1 aliphatic rings. The van der Waals surface area contributed by atoms with E-state index < -0.39 is 0 Å². The maximum atomic E-state index is 8.85. The van der Waals surface area contributed by atoms with Gasteiger partial charge in [0.15, 0.2) is 0 Å². The molecule has 0 radical (unpaired) electrons. The molecule has 1 N–H and O–H groups in total. The van der Waals surface area contributed by atoms with Crippen LogP contribution in [0, 0.1) is 0 Å². The highest BCUT2D eigenvalue weighted by Gasteiger charge is 2.22. The second-order valence-electron chi connectivity index (χ2n) is 1.94. The van der Waals surface area contributed by atoms with Crippen LogP contribution in [0.2, 0.25) is 0 Å². The highest BCUT2D eigenvalue weighted by Crippen LogP contribution is 2.29. The lowest BCUT2D eigenvalue weighted by Crippen LogP contribution is -2.27. The Morgan fingerprint density at radius 3 is 2.43 bits per heavy atom. The van der Waals surface area contributed by atoms with Gasteiger partial charge in [-0.05, 0) is 19.1 Å². The zero-order valence-corrected chi connectivity index (χ0v) is 5.24. The standard InChI is InChI=1S/C5H10OS/c1-4(6)5-2-3-7-5/h4-6H,2-3H2,1H3. The first-order valence-electron chi connectivity index (χ1n) is 2.60. The van der Waals surface area contributed by atoms with Crippen molar-refractivity contribution in [1.29, 1.82) is 0 Å². The van der Waals surface area contributed by atoms with Crippen LogP contribution in [-0.2, 0) is 0 Å².